The summed E-state index contributed by atoms with van der Waals surface area (Å²) < 4.78 is 136. The van der Waals surface area contributed by atoms with Crippen LogP contribution in [0.15, 0.2) is 0 Å². The second-order valence-corrected chi connectivity index (χ2v) is 6.18. The third-order valence-electron chi connectivity index (χ3n) is 3.35. The molecule has 2 aromatic carbocycles. The molecule has 2 rings (SSSR count). The van der Waals surface area contributed by atoms with E-state index in [0.29, 0.717) is 0 Å². The number of hydrogen-bond acceptors (Lipinski definition) is 1. The van der Waals surface area contributed by atoms with Gasteiger partial charge in [0, 0.05) is 10.9 Å². The van der Waals surface area contributed by atoms with E-state index >= 15 is 0 Å². The van der Waals surface area contributed by atoms with Crippen molar-refractivity contribution in [3.63, 3.8) is 0 Å². The quantitative estimate of drug-likeness (QED) is 0.321. The molecule has 0 nitrogen and oxygen atoms in total. The summed E-state index contributed by atoms with van der Waals surface area (Å²) in [5.74, 6) is -27.0. The molecule has 0 bridgehead atoms. The zero-order chi connectivity index (χ0) is 19.9. The van der Waals surface area contributed by atoms with Crippen molar-refractivity contribution in [2.24, 2.45) is 0 Å². The summed E-state index contributed by atoms with van der Waals surface area (Å²) in [5.41, 5.74) is -3.42. The molecule has 26 heavy (non-hydrogen) atoms. The average Bonchev–Trinajstić information content (AvgIpc) is 2.61. The lowest BCUT2D eigenvalue weighted by molar-refractivity contribution is 0.382. The molecule has 0 aliphatic carbocycles. The molecule has 0 fully saturated rings. The van der Waals surface area contributed by atoms with Crippen LogP contribution in [0.3, 0.4) is 0 Å². The molecule has 0 spiro atoms. The SMILES string of the molecule is CCSB(c1c(F)c(F)c(F)c(F)c1F)c1c(F)c(F)c(F)c(F)c1F. The van der Waals surface area contributed by atoms with Crippen molar-refractivity contribution in [2.45, 2.75) is 6.92 Å². The maximum Gasteiger partial charge on any atom is 0.288 e. The second-order valence-electron chi connectivity index (χ2n) is 4.80. The van der Waals surface area contributed by atoms with Gasteiger partial charge in [0.15, 0.2) is 58.2 Å². The van der Waals surface area contributed by atoms with Crippen LogP contribution >= 0.6 is 11.6 Å². The summed E-state index contributed by atoms with van der Waals surface area (Å²) in [6.07, 6.45) is 0. The Morgan fingerprint density at radius 3 is 0.962 bits per heavy atom. The van der Waals surface area contributed by atoms with Crippen molar-refractivity contribution in [1.29, 1.82) is 0 Å². The van der Waals surface area contributed by atoms with Crippen LogP contribution in [0.4, 0.5) is 43.9 Å². The van der Waals surface area contributed by atoms with E-state index in [9.17, 15) is 43.9 Å². The minimum absolute atomic E-state index is 0.214. The van der Waals surface area contributed by atoms with Gasteiger partial charge in [-0.2, -0.15) is 11.6 Å². The number of halogens is 10. The van der Waals surface area contributed by atoms with E-state index in [-0.39, 0.29) is 17.4 Å². The summed E-state index contributed by atoms with van der Waals surface area (Å²) in [4.78, 5) is 0. The Bertz CT molecular complexity index is 757. The van der Waals surface area contributed by atoms with Crippen LogP contribution < -0.4 is 10.9 Å². The Hall–Kier alpha value is -1.85. The monoisotopic (exact) mass is 406 g/mol. The molecule has 0 heterocycles. The molecule has 0 atom stereocenters. The maximum absolute atomic E-state index is 14.0. The molecule has 0 aliphatic rings. The van der Waals surface area contributed by atoms with Crippen molar-refractivity contribution < 1.29 is 43.9 Å². The zero-order valence-electron chi connectivity index (χ0n) is 12.5. The Morgan fingerprint density at radius 1 is 0.500 bits per heavy atom. The highest BCUT2D eigenvalue weighted by Gasteiger charge is 2.39. The van der Waals surface area contributed by atoms with Gasteiger partial charge in [0.25, 0.3) is 5.99 Å². The van der Waals surface area contributed by atoms with Gasteiger partial charge in [-0.15, -0.1) is 0 Å². The van der Waals surface area contributed by atoms with Gasteiger partial charge in [-0.05, 0) is 5.75 Å². The van der Waals surface area contributed by atoms with Gasteiger partial charge < -0.3 is 0 Å². The molecule has 0 aromatic heterocycles. The highest BCUT2D eigenvalue weighted by atomic mass is 32.2. The minimum atomic E-state index is -2.53. The summed E-state index contributed by atoms with van der Waals surface area (Å²) in [5, 5.41) is 0. The molecule has 2 aromatic rings. The molecule has 0 saturated carbocycles. The summed E-state index contributed by atoms with van der Waals surface area (Å²) in [7, 11) is 0. The molecule has 12 heteroatoms. The second kappa shape index (κ2) is 7.41. The van der Waals surface area contributed by atoms with Crippen molar-refractivity contribution in [3.05, 3.63) is 58.2 Å². The highest BCUT2D eigenvalue weighted by molar-refractivity contribution is 8.28. The maximum atomic E-state index is 14.0. The van der Waals surface area contributed by atoms with E-state index in [2.05, 4.69) is 0 Å². The Morgan fingerprint density at radius 2 is 0.731 bits per heavy atom. The topological polar surface area (TPSA) is 0 Å². The molecule has 0 saturated heterocycles. The van der Waals surface area contributed by atoms with Gasteiger partial charge in [0.2, 0.25) is 0 Å². The summed E-state index contributed by atoms with van der Waals surface area (Å²) in [6, 6.07) is 0. The zero-order valence-corrected chi connectivity index (χ0v) is 13.3. The molecule has 0 amide bonds. The predicted octanol–water partition coefficient (Wildman–Crippen LogP) is 3.94. The first-order chi connectivity index (χ1) is 12.1. The van der Waals surface area contributed by atoms with E-state index in [4.69, 9.17) is 0 Å². The van der Waals surface area contributed by atoms with Crippen LogP contribution in [0.1, 0.15) is 6.92 Å². The molecule has 0 unspecified atom stereocenters. The van der Waals surface area contributed by atoms with Crippen molar-refractivity contribution >= 4 is 28.5 Å². The van der Waals surface area contributed by atoms with E-state index < -0.39 is 75.1 Å². The van der Waals surface area contributed by atoms with Gasteiger partial charge in [0.05, 0.1) is 0 Å². The van der Waals surface area contributed by atoms with Crippen LogP contribution in [0.2, 0.25) is 0 Å². The molecule has 0 radical (unpaired) electrons. The van der Waals surface area contributed by atoms with Gasteiger partial charge in [0.1, 0.15) is 0 Å². The fourth-order valence-corrected chi connectivity index (χ4v) is 3.26. The lowest BCUT2D eigenvalue weighted by atomic mass is 9.60. The first-order valence-corrected chi connectivity index (χ1v) is 7.75. The smallest absolute Gasteiger partial charge is 0.204 e. The molecular formula is C14H5BF10S. The third kappa shape index (κ3) is 3.04. The molecule has 0 aliphatic heterocycles. The van der Waals surface area contributed by atoms with E-state index in [1.54, 1.807) is 0 Å². The lowest BCUT2D eigenvalue weighted by Crippen LogP contribution is -2.49. The fraction of sp³-hybridized carbons (Fsp3) is 0.143. The van der Waals surface area contributed by atoms with Crippen LogP contribution in [-0.2, 0) is 0 Å². The molecule has 0 N–H and O–H groups in total. The van der Waals surface area contributed by atoms with Crippen LogP contribution in [-0.4, -0.2) is 11.7 Å². The standard InChI is InChI=1S/C14H5BF10S/c1-2-26-15(3-5(16)9(20)13(24)10(21)6(3)17)4-7(18)11(22)14(25)12(23)8(4)19/h2H2,1H3. The lowest BCUT2D eigenvalue weighted by Gasteiger charge is -2.18. The van der Waals surface area contributed by atoms with Gasteiger partial charge in [-0.1, -0.05) is 6.92 Å². The molecule has 140 valence electrons. The van der Waals surface area contributed by atoms with Crippen LogP contribution in [0.5, 0.6) is 0 Å². The van der Waals surface area contributed by atoms with Gasteiger partial charge in [-0.3, -0.25) is 0 Å². The highest BCUT2D eigenvalue weighted by Crippen LogP contribution is 2.23. The average molecular weight is 406 g/mol. The van der Waals surface area contributed by atoms with Crippen molar-refractivity contribution in [1.82, 2.24) is 0 Å². The van der Waals surface area contributed by atoms with Crippen LogP contribution in [0, 0.1) is 58.2 Å². The Balaban J connectivity index is 2.91. The van der Waals surface area contributed by atoms with Crippen LogP contribution in [0.25, 0.3) is 0 Å². The normalized spacial score (nSPS) is 11.2. The van der Waals surface area contributed by atoms with E-state index in [1.807, 2.05) is 0 Å². The predicted molar refractivity (Wildman–Crippen MR) is 75.6 cm³/mol. The number of rotatable bonds is 4. The van der Waals surface area contributed by atoms with Crippen molar-refractivity contribution in [3.8, 4) is 0 Å². The first kappa shape index (κ1) is 20.5. The first-order valence-electron chi connectivity index (χ1n) is 6.70. The van der Waals surface area contributed by atoms with Gasteiger partial charge >= 0.3 is 0 Å². The van der Waals surface area contributed by atoms with E-state index in [1.165, 1.54) is 6.92 Å². The number of benzene rings is 2. The number of hydrogen-bond donors (Lipinski definition) is 0. The van der Waals surface area contributed by atoms with E-state index in [0.717, 1.165) is 0 Å². The fourth-order valence-electron chi connectivity index (χ4n) is 2.18. The third-order valence-corrected chi connectivity index (χ3v) is 4.48. The Kier molecular flexibility index (Phi) is 5.84. The summed E-state index contributed by atoms with van der Waals surface area (Å²) >= 11 is 0.214. The summed E-state index contributed by atoms with van der Waals surface area (Å²) in [6.45, 7) is 1.27. The Labute approximate surface area is 144 Å². The minimum Gasteiger partial charge on any atom is -0.204 e. The van der Waals surface area contributed by atoms with Crippen molar-refractivity contribution in [2.75, 3.05) is 5.75 Å². The largest absolute Gasteiger partial charge is 0.288 e. The van der Waals surface area contributed by atoms with Gasteiger partial charge in [-0.25, -0.2) is 43.9 Å². The molecular weight excluding hydrogens is 401 g/mol.